The molecule has 1 fully saturated rings. The first-order chi connectivity index (χ1) is 6.10. The number of rotatable bonds is 0. The van der Waals surface area contributed by atoms with Gasteiger partial charge >= 0.3 is 0 Å². The Morgan fingerprint density at radius 1 is 1.15 bits per heavy atom. The zero-order chi connectivity index (χ0) is 9.73. The van der Waals surface area contributed by atoms with Crippen molar-refractivity contribution in [2.24, 2.45) is 0 Å². The quantitative estimate of drug-likeness (QED) is 0.623. The molecule has 0 aromatic carbocycles. The van der Waals surface area contributed by atoms with Gasteiger partial charge in [-0.1, -0.05) is 0 Å². The lowest BCUT2D eigenvalue weighted by molar-refractivity contribution is -0.0252. The van der Waals surface area contributed by atoms with Gasteiger partial charge < -0.3 is 10.2 Å². The minimum absolute atomic E-state index is 0.00347. The first kappa shape index (κ1) is 10.9. The van der Waals surface area contributed by atoms with Gasteiger partial charge in [-0.15, -0.1) is 0 Å². The predicted molar refractivity (Wildman–Crippen MR) is 49.2 cm³/mol. The summed E-state index contributed by atoms with van der Waals surface area (Å²) in [5, 5.41) is 3.15. The van der Waals surface area contributed by atoms with Crippen molar-refractivity contribution in [2.75, 3.05) is 33.2 Å². The van der Waals surface area contributed by atoms with Crippen molar-refractivity contribution >= 4 is 0 Å². The number of nitrogens with zero attached hydrogens (tertiary/aromatic N) is 1. The first-order valence-electron chi connectivity index (χ1n) is 4.87. The zero-order valence-electron chi connectivity index (χ0n) is 8.15. The van der Waals surface area contributed by atoms with Crippen LogP contribution in [0.3, 0.4) is 0 Å². The molecule has 0 spiro atoms. The molecule has 1 heterocycles. The van der Waals surface area contributed by atoms with Gasteiger partial charge in [-0.2, -0.15) is 0 Å². The number of nitrogens with one attached hydrogen (secondary N) is 1. The van der Waals surface area contributed by atoms with Crippen molar-refractivity contribution < 1.29 is 8.78 Å². The van der Waals surface area contributed by atoms with Crippen molar-refractivity contribution in [2.45, 2.75) is 25.2 Å². The van der Waals surface area contributed by atoms with Crippen molar-refractivity contribution in [1.29, 1.82) is 0 Å². The molecular formula is C9H18F2N2. The summed E-state index contributed by atoms with van der Waals surface area (Å²) in [6.07, 6.45) is 0.605. The van der Waals surface area contributed by atoms with Crippen LogP contribution in [0.5, 0.6) is 0 Å². The molecule has 1 rings (SSSR count). The Bertz CT molecular complexity index is 151. The maximum atomic E-state index is 13.1. The van der Waals surface area contributed by atoms with Crippen LogP contribution in [0.15, 0.2) is 0 Å². The average Bonchev–Trinajstić information content (AvgIpc) is 2.07. The third kappa shape index (κ3) is 4.52. The van der Waals surface area contributed by atoms with E-state index in [4.69, 9.17) is 0 Å². The molecular weight excluding hydrogens is 174 g/mol. The molecule has 1 aliphatic heterocycles. The van der Waals surface area contributed by atoms with E-state index in [2.05, 4.69) is 5.32 Å². The Morgan fingerprint density at radius 3 is 2.69 bits per heavy atom. The Morgan fingerprint density at radius 2 is 1.92 bits per heavy atom. The Hall–Kier alpha value is -0.220. The summed E-state index contributed by atoms with van der Waals surface area (Å²) in [5.41, 5.74) is 0. The molecule has 0 unspecified atom stereocenters. The molecule has 0 radical (unpaired) electrons. The minimum atomic E-state index is -2.46. The molecule has 1 aliphatic rings. The molecule has 0 aromatic heterocycles. The second-order valence-electron chi connectivity index (χ2n) is 3.76. The number of halogens is 2. The smallest absolute Gasteiger partial charge is 0.249 e. The van der Waals surface area contributed by atoms with Crippen LogP contribution in [0.4, 0.5) is 8.78 Å². The third-order valence-electron chi connectivity index (χ3n) is 2.43. The van der Waals surface area contributed by atoms with Gasteiger partial charge in [0.05, 0.1) is 0 Å². The van der Waals surface area contributed by atoms with Gasteiger partial charge in [0.2, 0.25) is 5.92 Å². The fourth-order valence-electron chi connectivity index (χ4n) is 1.46. The SMILES string of the molecule is CN1CCNCCCC(F)(F)CC1. The van der Waals surface area contributed by atoms with E-state index in [-0.39, 0.29) is 12.8 Å². The van der Waals surface area contributed by atoms with E-state index in [9.17, 15) is 8.78 Å². The van der Waals surface area contributed by atoms with E-state index in [1.807, 2.05) is 11.9 Å². The Kier molecular flexibility index (Phi) is 4.06. The van der Waals surface area contributed by atoms with Crippen LogP contribution in [0.2, 0.25) is 0 Å². The fraction of sp³-hybridized carbons (Fsp3) is 1.00. The van der Waals surface area contributed by atoms with E-state index >= 15 is 0 Å². The fourth-order valence-corrected chi connectivity index (χ4v) is 1.46. The number of hydrogen-bond donors (Lipinski definition) is 1. The topological polar surface area (TPSA) is 15.3 Å². The molecule has 0 aromatic rings. The summed E-state index contributed by atoms with van der Waals surface area (Å²) >= 11 is 0. The lowest BCUT2D eigenvalue weighted by Crippen LogP contribution is -2.35. The molecule has 2 nitrogen and oxygen atoms in total. The van der Waals surface area contributed by atoms with Gasteiger partial charge in [0.25, 0.3) is 0 Å². The van der Waals surface area contributed by atoms with Gasteiger partial charge in [-0.3, -0.25) is 0 Å². The van der Waals surface area contributed by atoms with E-state index in [0.29, 0.717) is 19.5 Å². The lowest BCUT2D eigenvalue weighted by Gasteiger charge is -2.23. The van der Waals surface area contributed by atoms with Crippen LogP contribution in [-0.4, -0.2) is 44.0 Å². The second-order valence-corrected chi connectivity index (χ2v) is 3.76. The molecule has 1 saturated heterocycles. The predicted octanol–water partition coefficient (Wildman–Crippen LogP) is 1.33. The molecule has 78 valence electrons. The monoisotopic (exact) mass is 192 g/mol. The highest BCUT2D eigenvalue weighted by molar-refractivity contribution is 4.71. The number of hydrogen-bond acceptors (Lipinski definition) is 2. The summed E-state index contributed by atoms with van der Waals surface area (Å²) < 4.78 is 26.2. The zero-order valence-corrected chi connectivity index (χ0v) is 8.15. The van der Waals surface area contributed by atoms with E-state index in [1.54, 1.807) is 0 Å². The summed E-state index contributed by atoms with van der Waals surface area (Å²) in [5.74, 6) is -2.46. The largest absolute Gasteiger partial charge is 0.315 e. The summed E-state index contributed by atoms with van der Waals surface area (Å²) in [6.45, 7) is 2.97. The minimum Gasteiger partial charge on any atom is -0.315 e. The first-order valence-corrected chi connectivity index (χ1v) is 4.87. The van der Waals surface area contributed by atoms with E-state index in [0.717, 1.165) is 13.1 Å². The summed E-state index contributed by atoms with van der Waals surface area (Å²) in [4.78, 5) is 1.95. The molecule has 0 saturated carbocycles. The number of likely N-dealkylation sites (N-methyl/N-ethyl adjacent to an activating group) is 1. The molecule has 0 bridgehead atoms. The van der Waals surface area contributed by atoms with Crippen LogP contribution in [0, 0.1) is 0 Å². The average molecular weight is 192 g/mol. The highest BCUT2D eigenvalue weighted by Crippen LogP contribution is 2.24. The maximum absolute atomic E-state index is 13.1. The summed E-state index contributed by atoms with van der Waals surface area (Å²) in [7, 11) is 1.89. The van der Waals surface area contributed by atoms with Crippen molar-refractivity contribution in [3.63, 3.8) is 0 Å². The highest BCUT2D eigenvalue weighted by atomic mass is 19.3. The molecule has 0 aliphatic carbocycles. The summed E-state index contributed by atoms with van der Waals surface area (Å²) in [6, 6.07) is 0. The second kappa shape index (κ2) is 4.86. The highest BCUT2D eigenvalue weighted by Gasteiger charge is 2.28. The van der Waals surface area contributed by atoms with Crippen molar-refractivity contribution in [3.05, 3.63) is 0 Å². The van der Waals surface area contributed by atoms with Gasteiger partial charge in [0, 0.05) is 32.5 Å². The van der Waals surface area contributed by atoms with Gasteiger partial charge in [0.15, 0.2) is 0 Å². The lowest BCUT2D eigenvalue weighted by atomic mass is 10.1. The molecule has 0 atom stereocenters. The molecule has 1 N–H and O–H groups in total. The van der Waals surface area contributed by atoms with E-state index < -0.39 is 5.92 Å². The van der Waals surface area contributed by atoms with Gasteiger partial charge in [0.1, 0.15) is 0 Å². The van der Waals surface area contributed by atoms with Gasteiger partial charge in [-0.25, -0.2) is 8.78 Å². The van der Waals surface area contributed by atoms with Gasteiger partial charge in [-0.05, 0) is 20.0 Å². The maximum Gasteiger partial charge on any atom is 0.249 e. The van der Waals surface area contributed by atoms with E-state index in [1.165, 1.54) is 0 Å². The normalized spacial score (nSPS) is 27.0. The van der Waals surface area contributed by atoms with Crippen LogP contribution < -0.4 is 5.32 Å². The standard InChI is InChI=1S/C9H18F2N2/c1-13-7-4-9(10,11)3-2-5-12-6-8-13/h12H,2-8H2,1H3. The molecule has 4 heteroatoms. The molecule has 13 heavy (non-hydrogen) atoms. The van der Waals surface area contributed by atoms with Crippen molar-refractivity contribution in [3.8, 4) is 0 Å². The van der Waals surface area contributed by atoms with Crippen molar-refractivity contribution in [1.82, 2.24) is 10.2 Å². The Balaban J connectivity index is 2.37. The Labute approximate surface area is 78.3 Å². The van der Waals surface area contributed by atoms with Crippen LogP contribution >= 0.6 is 0 Å². The number of alkyl halides is 2. The van der Waals surface area contributed by atoms with Crippen LogP contribution in [0.25, 0.3) is 0 Å². The van der Waals surface area contributed by atoms with Crippen LogP contribution in [-0.2, 0) is 0 Å². The molecule has 0 amide bonds. The third-order valence-corrected chi connectivity index (χ3v) is 2.43. The van der Waals surface area contributed by atoms with Crippen LogP contribution in [0.1, 0.15) is 19.3 Å².